The molecule has 0 aromatic heterocycles. The average molecular weight is 426 g/mol. The normalized spacial score (nSPS) is 28.6. The number of carboxylic acid groups (broad SMARTS) is 1. The summed E-state index contributed by atoms with van der Waals surface area (Å²) in [5.41, 5.74) is 1.43. The zero-order chi connectivity index (χ0) is 21.5. The van der Waals surface area contributed by atoms with E-state index in [2.05, 4.69) is 35.2 Å². The van der Waals surface area contributed by atoms with Crippen molar-refractivity contribution in [2.45, 2.75) is 102 Å². The lowest BCUT2D eigenvalue weighted by Gasteiger charge is -2.45. The third-order valence-electron chi connectivity index (χ3n) is 8.52. The van der Waals surface area contributed by atoms with Crippen molar-refractivity contribution >= 4 is 5.97 Å². The van der Waals surface area contributed by atoms with Crippen molar-refractivity contribution < 1.29 is 9.90 Å². The number of benzene rings is 1. The highest BCUT2D eigenvalue weighted by atomic mass is 16.4. The van der Waals surface area contributed by atoms with Crippen molar-refractivity contribution in [1.82, 2.24) is 4.90 Å². The minimum Gasteiger partial charge on any atom is -0.481 e. The molecule has 3 fully saturated rings. The van der Waals surface area contributed by atoms with E-state index in [9.17, 15) is 9.90 Å². The highest BCUT2D eigenvalue weighted by Gasteiger charge is 2.37. The minimum absolute atomic E-state index is 0.324. The van der Waals surface area contributed by atoms with Gasteiger partial charge in [-0.25, -0.2) is 0 Å². The molecule has 4 rings (SSSR count). The SMILES string of the molecule is O=C(O)C[C@@H]1CC[C@@H](N(CC2CCCCC2)CC2CCCCC2)[C@H](c2ccccc2)C1. The molecule has 1 aromatic rings. The molecule has 31 heavy (non-hydrogen) atoms. The van der Waals surface area contributed by atoms with Crippen molar-refractivity contribution in [3.05, 3.63) is 35.9 Å². The van der Waals surface area contributed by atoms with Crippen molar-refractivity contribution in [2.75, 3.05) is 13.1 Å². The first kappa shape index (κ1) is 22.8. The second kappa shape index (κ2) is 11.5. The van der Waals surface area contributed by atoms with Gasteiger partial charge in [0.2, 0.25) is 0 Å². The Labute approximate surface area is 189 Å². The monoisotopic (exact) mass is 425 g/mol. The molecule has 0 amide bonds. The molecule has 0 saturated heterocycles. The Hall–Kier alpha value is -1.35. The van der Waals surface area contributed by atoms with Gasteiger partial charge >= 0.3 is 5.97 Å². The van der Waals surface area contributed by atoms with Gasteiger partial charge in [-0.1, -0.05) is 68.9 Å². The molecule has 0 radical (unpaired) electrons. The molecular formula is C28H43NO2. The fourth-order valence-electron chi connectivity index (χ4n) is 6.92. The quantitative estimate of drug-likeness (QED) is 0.494. The van der Waals surface area contributed by atoms with Gasteiger partial charge in [-0.2, -0.15) is 0 Å². The smallest absolute Gasteiger partial charge is 0.303 e. The van der Waals surface area contributed by atoms with Crippen LogP contribution in [0.2, 0.25) is 0 Å². The van der Waals surface area contributed by atoms with Crippen LogP contribution in [0.5, 0.6) is 0 Å². The molecule has 3 nitrogen and oxygen atoms in total. The Balaban J connectivity index is 1.54. The van der Waals surface area contributed by atoms with Crippen LogP contribution in [-0.4, -0.2) is 35.1 Å². The summed E-state index contributed by atoms with van der Waals surface area (Å²) in [5, 5.41) is 9.42. The summed E-state index contributed by atoms with van der Waals surface area (Å²) in [5.74, 6) is 1.91. The Bertz CT molecular complexity index is 643. The number of carboxylic acids is 1. The maximum atomic E-state index is 11.4. The predicted octanol–water partition coefficient (Wildman–Crippen LogP) is 6.88. The lowest BCUT2D eigenvalue weighted by atomic mass is 9.72. The lowest BCUT2D eigenvalue weighted by molar-refractivity contribution is -0.138. The molecule has 0 unspecified atom stereocenters. The van der Waals surface area contributed by atoms with Gasteiger partial charge in [-0.3, -0.25) is 9.69 Å². The average Bonchev–Trinajstić information content (AvgIpc) is 2.80. The topological polar surface area (TPSA) is 40.5 Å². The van der Waals surface area contributed by atoms with E-state index in [1.807, 2.05) is 0 Å². The minimum atomic E-state index is -0.628. The van der Waals surface area contributed by atoms with Gasteiger partial charge in [0.05, 0.1) is 0 Å². The van der Waals surface area contributed by atoms with E-state index in [0.717, 1.165) is 31.1 Å². The van der Waals surface area contributed by atoms with Crippen molar-refractivity contribution in [3.63, 3.8) is 0 Å². The second-order valence-corrected chi connectivity index (χ2v) is 10.8. The van der Waals surface area contributed by atoms with Gasteiger partial charge < -0.3 is 5.11 Å². The number of hydrogen-bond acceptors (Lipinski definition) is 2. The summed E-state index contributed by atoms with van der Waals surface area (Å²) in [6, 6.07) is 11.6. The first-order chi connectivity index (χ1) is 15.2. The number of rotatable bonds is 8. The highest BCUT2D eigenvalue weighted by Crippen LogP contribution is 2.42. The van der Waals surface area contributed by atoms with Crippen molar-refractivity contribution in [3.8, 4) is 0 Å². The molecule has 3 aliphatic carbocycles. The van der Waals surface area contributed by atoms with Crippen LogP contribution in [0.25, 0.3) is 0 Å². The maximum Gasteiger partial charge on any atom is 0.303 e. The highest BCUT2D eigenvalue weighted by molar-refractivity contribution is 5.67. The van der Waals surface area contributed by atoms with Gasteiger partial charge in [-0.05, 0) is 74.2 Å². The van der Waals surface area contributed by atoms with E-state index in [1.165, 1.54) is 82.9 Å². The summed E-state index contributed by atoms with van der Waals surface area (Å²) >= 11 is 0. The molecule has 3 aliphatic rings. The molecule has 0 spiro atoms. The number of hydrogen-bond donors (Lipinski definition) is 1. The third-order valence-corrected chi connectivity index (χ3v) is 8.52. The van der Waals surface area contributed by atoms with E-state index in [4.69, 9.17) is 0 Å². The predicted molar refractivity (Wildman–Crippen MR) is 127 cm³/mol. The standard InChI is InChI=1S/C28H43NO2/c30-28(31)19-24-16-17-27(26(18-24)25-14-8-3-9-15-25)29(20-22-10-4-1-5-11-22)21-23-12-6-2-7-13-23/h3,8-9,14-15,22-24,26-27H,1-2,4-7,10-13,16-21H2,(H,30,31)/t24-,26+,27-/m1/s1. The second-order valence-electron chi connectivity index (χ2n) is 10.8. The molecule has 0 aliphatic heterocycles. The zero-order valence-electron chi connectivity index (χ0n) is 19.4. The summed E-state index contributed by atoms with van der Waals surface area (Å²) in [4.78, 5) is 14.4. The third kappa shape index (κ3) is 6.57. The van der Waals surface area contributed by atoms with Crippen LogP contribution in [-0.2, 0) is 4.79 Å². The molecule has 3 saturated carbocycles. The van der Waals surface area contributed by atoms with Crippen LogP contribution in [0.15, 0.2) is 30.3 Å². The van der Waals surface area contributed by atoms with Crippen LogP contribution >= 0.6 is 0 Å². The molecule has 0 bridgehead atoms. The lowest BCUT2D eigenvalue weighted by Crippen LogP contribution is -2.47. The Morgan fingerprint density at radius 1 is 0.774 bits per heavy atom. The van der Waals surface area contributed by atoms with Crippen LogP contribution in [0.1, 0.15) is 101 Å². The Morgan fingerprint density at radius 3 is 1.90 bits per heavy atom. The first-order valence-corrected chi connectivity index (χ1v) is 13.2. The van der Waals surface area contributed by atoms with Crippen LogP contribution < -0.4 is 0 Å². The van der Waals surface area contributed by atoms with Crippen molar-refractivity contribution in [1.29, 1.82) is 0 Å². The molecule has 1 N–H and O–H groups in total. The van der Waals surface area contributed by atoms with Gasteiger partial charge in [0.25, 0.3) is 0 Å². The Morgan fingerprint density at radius 2 is 1.35 bits per heavy atom. The Kier molecular flexibility index (Phi) is 8.47. The summed E-state index contributed by atoms with van der Waals surface area (Å²) in [7, 11) is 0. The van der Waals surface area contributed by atoms with Crippen molar-refractivity contribution in [2.24, 2.45) is 17.8 Å². The largest absolute Gasteiger partial charge is 0.481 e. The van der Waals surface area contributed by atoms with Crippen LogP contribution in [0.3, 0.4) is 0 Å². The summed E-state index contributed by atoms with van der Waals surface area (Å²) in [6.45, 7) is 2.54. The summed E-state index contributed by atoms with van der Waals surface area (Å²) in [6.07, 6.45) is 17.7. The van der Waals surface area contributed by atoms with Crippen LogP contribution in [0.4, 0.5) is 0 Å². The number of aliphatic carboxylic acids is 1. The van der Waals surface area contributed by atoms with E-state index in [0.29, 0.717) is 24.3 Å². The zero-order valence-corrected chi connectivity index (χ0v) is 19.4. The van der Waals surface area contributed by atoms with E-state index in [1.54, 1.807) is 0 Å². The molecule has 1 aromatic carbocycles. The van der Waals surface area contributed by atoms with Gasteiger partial charge in [0.15, 0.2) is 0 Å². The van der Waals surface area contributed by atoms with Gasteiger partial charge in [-0.15, -0.1) is 0 Å². The first-order valence-electron chi connectivity index (χ1n) is 13.2. The van der Waals surface area contributed by atoms with E-state index < -0.39 is 5.97 Å². The fraction of sp³-hybridized carbons (Fsp3) is 0.750. The molecule has 3 atom stereocenters. The summed E-state index contributed by atoms with van der Waals surface area (Å²) < 4.78 is 0. The number of carbonyl (C=O) groups is 1. The molecule has 3 heteroatoms. The molecule has 0 heterocycles. The van der Waals surface area contributed by atoms with Gasteiger partial charge in [0, 0.05) is 25.6 Å². The number of nitrogens with zero attached hydrogens (tertiary/aromatic N) is 1. The van der Waals surface area contributed by atoms with E-state index >= 15 is 0 Å². The maximum absolute atomic E-state index is 11.4. The fourth-order valence-corrected chi connectivity index (χ4v) is 6.92. The van der Waals surface area contributed by atoms with Crippen LogP contribution in [0, 0.1) is 17.8 Å². The van der Waals surface area contributed by atoms with Gasteiger partial charge in [0.1, 0.15) is 0 Å². The molecular weight excluding hydrogens is 382 g/mol. The molecule has 172 valence electrons. The van der Waals surface area contributed by atoms with E-state index in [-0.39, 0.29) is 0 Å².